The van der Waals surface area contributed by atoms with E-state index in [1.807, 2.05) is 0 Å². The topological polar surface area (TPSA) is 12.0 Å². The fraction of sp³-hybridized carbons (Fsp3) is 0.778. The highest BCUT2D eigenvalue weighted by Crippen LogP contribution is 1.98. The Hall–Kier alpha value is -0.0400. The summed E-state index contributed by atoms with van der Waals surface area (Å²) < 4.78 is 0. The second-order valence-electron chi connectivity index (χ2n) is 2.53. The predicted octanol–water partition coefficient (Wildman–Crippen LogP) is 2.54. The molecule has 0 heterocycles. The quantitative estimate of drug-likeness (QED) is 0.560. The minimum atomic E-state index is 0.673. The zero-order valence-electron chi connectivity index (χ0n) is 7.19. The maximum absolute atomic E-state index is 3.76. The van der Waals surface area contributed by atoms with Crippen LogP contribution in [0.4, 0.5) is 0 Å². The van der Waals surface area contributed by atoms with Crippen LogP contribution in [0, 0.1) is 13.5 Å². The van der Waals surface area contributed by atoms with Gasteiger partial charge < -0.3 is 5.32 Å². The Morgan fingerprint density at radius 2 is 2.00 bits per heavy atom. The van der Waals surface area contributed by atoms with Crippen LogP contribution >= 0.6 is 0 Å². The number of rotatable bonds is 6. The average molecular weight is 141 g/mol. The Bertz CT molecular complexity index is 57.7. The zero-order chi connectivity index (χ0) is 7.82. The van der Waals surface area contributed by atoms with Gasteiger partial charge in [0.15, 0.2) is 0 Å². The average Bonchev–Trinajstić information content (AvgIpc) is 1.99. The maximum atomic E-state index is 3.76. The Morgan fingerprint density at radius 1 is 1.40 bits per heavy atom. The van der Waals surface area contributed by atoms with E-state index in [2.05, 4.69) is 32.6 Å². The third kappa shape index (κ3) is 4.80. The van der Waals surface area contributed by atoms with Gasteiger partial charge in [0.05, 0.1) is 0 Å². The molecule has 0 spiro atoms. The monoisotopic (exact) mass is 141 g/mol. The van der Waals surface area contributed by atoms with E-state index < -0.39 is 0 Å². The van der Waals surface area contributed by atoms with Gasteiger partial charge in [-0.3, -0.25) is 0 Å². The van der Waals surface area contributed by atoms with Crippen LogP contribution in [0.2, 0.25) is 0 Å². The van der Waals surface area contributed by atoms with Crippen LogP contribution in [0.15, 0.2) is 0 Å². The highest BCUT2D eigenvalue weighted by atomic mass is 14.9. The molecule has 1 N–H and O–H groups in total. The first kappa shape index (κ1) is 9.96. The fourth-order valence-electron chi connectivity index (χ4n) is 0.876. The van der Waals surface area contributed by atoms with Crippen molar-refractivity contribution in [2.45, 2.75) is 45.6 Å². The molecule has 0 aromatic heterocycles. The van der Waals surface area contributed by atoms with E-state index in [9.17, 15) is 0 Å². The van der Waals surface area contributed by atoms with Gasteiger partial charge in [-0.25, -0.2) is 0 Å². The molecule has 1 nitrogen and oxygen atoms in total. The van der Waals surface area contributed by atoms with Crippen molar-refractivity contribution in [1.82, 2.24) is 5.32 Å². The van der Waals surface area contributed by atoms with Gasteiger partial charge in [0.2, 0.25) is 0 Å². The molecule has 0 aliphatic carbocycles. The minimum Gasteiger partial charge on any atom is -0.310 e. The molecule has 60 valence electrons. The van der Waals surface area contributed by atoms with Crippen LogP contribution in [0.5, 0.6) is 0 Å². The van der Waals surface area contributed by atoms with Crippen molar-refractivity contribution in [3.8, 4) is 0 Å². The molecule has 0 bridgehead atoms. The lowest BCUT2D eigenvalue weighted by atomic mass is 10.1. The van der Waals surface area contributed by atoms with Crippen molar-refractivity contribution in [3.05, 3.63) is 13.5 Å². The summed E-state index contributed by atoms with van der Waals surface area (Å²) >= 11 is 0. The third-order valence-electron chi connectivity index (χ3n) is 1.69. The highest BCUT2D eigenvalue weighted by Gasteiger charge is 1.99. The van der Waals surface area contributed by atoms with Gasteiger partial charge in [0, 0.05) is 12.6 Å². The summed E-state index contributed by atoms with van der Waals surface area (Å²) in [6, 6.07) is 0.673. The lowest BCUT2D eigenvalue weighted by molar-refractivity contribution is 0.518. The van der Waals surface area contributed by atoms with Crippen LogP contribution in [-0.4, -0.2) is 6.04 Å². The molecule has 0 aliphatic rings. The molecule has 0 saturated heterocycles. The van der Waals surface area contributed by atoms with E-state index >= 15 is 0 Å². The standard InChI is InChI=1S/C9H19N/c1-4-7-8-10-9(5-2)6-3/h8-10H,1,4-7H2,2-3H3. The van der Waals surface area contributed by atoms with E-state index in [4.69, 9.17) is 0 Å². The molecule has 0 fully saturated rings. The first-order valence-electron chi connectivity index (χ1n) is 4.22. The van der Waals surface area contributed by atoms with Crippen molar-refractivity contribution in [3.63, 3.8) is 0 Å². The number of unbranched alkanes of at least 4 members (excludes halogenated alkanes) is 1. The molecule has 0 rings (SSSR count). The predicted molar refractivity (Wildman–Crippen MR) is 46.4 cm³/mol. The van der Waals surface area contributed by atoms with Crippen molar-refractivity contribution in [1.29, 1.82) is 0 Å². The summed E-state index contributed by atoms with van der Waals surface area (Å²) in [5.74, 6) is 0. The number of nitrogens with one attached hydrogen (secondary N) is 1. The third-order valence-corrected chi connectivity index (χ3v) is 1.69. The highest BCUT2D eigenvalue weighted by molar-refractivity contribution is 4.69. The van der Waals surface area contributed by atoms with Gasteiger partial charge in [0.1, 0.15) is 0 Å². The smallest absolute Gasteiger partial charge is 0.0223 e. The van der Waals surface area contributed by atoms with E-state index in [1.54, 1.807) is 0 Å². The molecule has 0 aliphatic heterocycles. The SMILES string of the molecule is [CH2]CC[CH]NC(CC)CC. The largest absolute Gasteiger partial charge is 0.310 e. The van der Waals surface area contributed by atoms with Crippen molar-refractivity contribution in [2.75, 3.05) is 0 Å². The molecule has 1 heteroatoms. The van der Waals surface area contributed by atoms with E-state index in [-0.39, 0.29) is 0 Å². The summed E-state index contributed by atoms with van der Waals surface area (Å²) in [7, 11) is 0. The first-order valence-corrected chi connectivity index (χ1v) is 4.22. The second kappa shape index (κ2) is 7.07. The molecule has 0 atom stereocenters. The van der Waals surface area contributed by atoms with Gasteiger partial charge in [-0.15, -0.1) is 0 Å². The number of hydrogen-bond donors (Lipinski definition) is 1. The Labute approximate surface area is 65.2 Å². The van der Waals surface area contributed by atoms with Crippen molar-refractivity contribution >= 4 is 0 Å². The van der Waals surface area contributed by atoms with Gasteiger partial charge in [-0.05, 0) is 19.3 Å². The molecule has 2 radical (unpaired) electrons. The van der Waals surface area contributed by atoms with Crippen LogP contribution in [-0.2, 0) is 0 Å². The van der Waals surface area contributed by atoms with Crippen LogP contribution in [0.3, 0.4) is 0 Å². The Kier molecular flexibility index (Phi) is 7.04. The molecule has 0 unspecified atom stereocenters. The Morgan fingerprint density at radius 3 is 2.40 bits per heavy atom. The molecule has 0 aromatic rings. The fourth-order valence-corrected chi connectivity index (χ4v) is 0.876. The van der Waals surface area contributed by atoms with Crippen LogP contribution in [0.25, 0.3) is 0 Å². The van der Waals surface area contributed by atoms with Crippen molar-refractivity contribution in [2.24, 2.45) is 0 Å². The molecular formula is C9H19N. The molecule has 0 aromatic carbocycles. The maximum Gasteiger partial charge on any atom is 0.0223 e. The number of hydrogen-bond acceptors (Lipinski definition) is 1. The first-order chi connectivity index (χ1) is 4.85. The lowest BCUT2D eigenvalue weighted by Crippen LogP contribution is -2.24. The van der Waals surface area contributed by atoms with Gasteiger partial charge >= 0.3 is 0 Å². The molecular weight excluding hydrogens is 122 g/mol. The molecule has 0 saturated carbocycles. The van der Waals surface area contributed by atoms with Gasteiger partial charge in [-0.1, -0.05) is 27.2 Å². The van der Waals surface area contributed by atoms with Crippen molar-refractivity contribution < 1.29 is 0 Å². The minimum absolute atomic E-state index is 0.673. The molecule has 0 amide bonds. The van der Waals surface area contributed by atoms with E-state index in [0.717, 1.165) is 12.8 Å². The van der Waals surface area contributed by atoms with Crippen LogP contribution in [0.1, 0.15) is 39.5 Å². The van der Waals surface area contributed by atoms with Gasteiger partial charge in [-0.2, -0.15) is 0 Å². The summed E-state index contributed by atoms with van der Waals surface area (Å²) in [6.07, 6.45) is 4.50. The zero-order valence-corrected chi connectivity index (χ0v) is 7.19. The van der Waals surface area contributed by atoms with E-state index in [0.29, 0.717) is 6.04 Å². The Balaban J connectivity index is 3.09. The summed E-state index contributed by atoms with van der Waals surface area (Å²) in [4.78, 5) is 0. The lowest BCUT2D eigenvalue weighted by Gasteiger charge is -2.12. The second-order valence-corrected chi connectivity index (χ2v) is 2.53. The molecule has 10 heavy (non-hydrogen) atoms. The van der Waals surface area contributed by atoms with Crippen LogP contribution < -0.4 is 5.32 Å². The summed E-state index contributed by atoms with van der Waals surface area (Å²) in [5.41, 5.74) is 0. The summed E-state index contributed by atoms with van der Waals surface area (Å²) in [6.45, 7) is 10.3. The van der Waals surface area contributed by atoms with E-state index in [1.165, 1.54) is 12.8 Å². The summed E-state index contributed by atoms with van der Waals surface area (Å²) in [5, 5.41) is 3.36. The van der Waals surface area contributed by atoms with Gasteiger partial charge in [0.25, 0.3) is 0 Å². The normalized spacial score (nSPS) is 10.8.